The molecule has 1 rings (SSSR count). The van der Waals surface area contributed by atoms with Crippen LogP contribution in [0.25, 0.3) is 0 Å². The van der Waals surface area contributed by atoms with Gasteiger partial charge in [-0.3, -0.25) is 4.90 Å². The van der Waals surface area contributed by atoms with Gasteiger partial charge < -0.3 is 0 Å². The van der Waals surface area contributed by atoms with Crippen molar-refractivity contribution in [3.63, 3.8) is 0 Å². The Morgan fingerprint density at radius 1 is 1.38 bits per heavy atom. The fraction of sp³-hybridized carbons (Fsp3) is 1.00. The van der Waals surface area contributed by atoms with Crippen LogP contribution in [0.3, 0.4) is 0 Å². The van der Waals surface area contributed by atoms with Gasteiger partial charge in [-0.1, -0.05) is 6.42 Å². The first-order valence-corrected chi connectivity index (χ1v) is 5.75. The van der Waals surface area contributed by atoms with E-state index >= 15 is 0 Å². The molecule has 78 valence electrons. The van der Waals surface area contributed by atoms with Crippen LogP contribution in [0.15, 0.2) is 0 Å². The molecule has 0 amide bonds. The molecule has 0 aromatic heterocycles. The molecule has 1 heterocycles. The van der Waals surface area contributed by atoms with Crippen LogP contribution in [0.1, 0.15) is 19.3 Å². The van der Waals surface area contributed by atoms with Crippen molar-refractivity contribution in [3.8, 4) is 0 Å². The summed E-state index contributed by atoms with van der Waals surface area (Å²) in [6.07, 6.45) is -0.343. The SMILES string of the molecule is CSCN1CCCCC1C(F)(F)F. The number of halogens is 3. The fourth-order valence-electron chi connectivity index (χ4n) is 1.68. The maximum absolute atomic E-state index is 12.5. The van der Waals surface area contributed by atoms with Crippen molar-refractivity contribution in [2.24, 2.45) is 0 Å². The van der Waals surface area contributed by atoms with Crippen LogP contribution in [0.2, 0.25) is 0 Å². The third-order valence-corrected chi connectivity index (χ3v) is 2.88. The number of nitrogens with zero attached hydrogens (tertiary/aromatic N) is 1. The molecule has 1 unspecified atom stereocenters. The van der Waals surface area contributed by atoms with Crippen LogP contribution < -0.4 is 0 Å². The van der Waals surface area contributed by atoms with E-state index in [1.54, 1.807) is 0 Å². The Kier molecular flexibility index (Phi) is 3.91. The maximum atomic E-state index is 12.5. The van der Waals surface area contributed by atoms with E-state index in [1.165, 1.54) is 16.7 Å². The van der Waals surface area contributed by atoms with Crippen molar-refractivity contribution < 1.29 is 13.2 Å². The molecule has 1 aliphatic heterocycles. The average Bonchev–Trinajstić information content (AvgIpc) is 2.04. The molecule has 1 atom stereocenters. The van der Waals surface area contributed by atoms with Gasteiger partial charge in [0.05, 0.1) is 0 Å². The summed E-state index contributed by atoms with van der Waals surface area (Å²) >= 11 is 1.45. The van der Waals surface area contributed by atoms with E-state index in [4.69, 9.17) is 0 Å². The summed E-state index contributed by atoms with van der Waals surface area (Å²) in [5.41, 5.74) is 0. The molecule has 0 aromatic carbocycles. The zero-order valence-corrected chi connectivity index (χ0v) is 8.42. The van der Waals surface area contributed by atoms with Crippen LogP contribution in [0, 0.1) is 0 Å². The first kappa shape index (κ1) is 11.2. The second kappa shape index (κ2) is 4.55. The summed E-state index contributed by atoms with van der Waals surface area (Å²) in [7, 11) is 0. The minimum Gasteiger partial charge on any atom is -0.283 e. The molecule has 0 N–H and O–H groups in total. The minimum absolute atomic E-state index is 0.268. The lowest BCUT2D eigenvalue weighted by atomic mass is 10.0. The van der Waals surface area contributed by atoms with Crippen LogP contribution in [-0.4, -0.2) is 35.8 Å². The molecule has 0 spiro atoms. The van der Waals surface area contributed by atoms with E-state index in [-0.39, 0.29) is 6.42 Å². The number of hydrogen-bond acceptors (Lipinski definition) is 2. The topological polar surface area (TPSA) is 3.24 Å². The Labute approximate surface area is 80.7 Å². The molecule has 1 nitrogen and oxygen atoms in total. The largest absolute Gasteiger partial charge is 0.404 e. The lowest BCUT2D eigenvalue weighted by Crippen LogP contribution is -2.48. The van der Waals surface area contributed by atoms with Crippen molar-refractivity contribution in [1.82, 2.24) is 4.90 Å². The molecule has 0 saturated carbocycles. The van der Waals surface area contributed by atoms with Crippen molar-refractivity contribution in [3.05, 3.63) is 0 Å². The minimum atomic E-state index is -4.05. The quantitative estimate of drug-likeness (QED) is 0.694. The average molecular weight is 213 g/mol. The highest BCUT2D eigenvalue weighted by Crippen LogP contribution is 2.32. The van der Waals surface area contributed by atoms with Gasteiger partial charge in [0.2, 0.25) is 0 Å². The predicted octanol–water partition coefficient (Wildman–Crippen LogP) is 2.72. The molecule has 5 heteroatoms. The third-order valence-electron chi connectivity index (χ3n) is 2.29. The molecule has 0 aliphatic carbocycles. The van der Waals surface area contributed by atoms with Crippen LogP contribution in [0.5, 0.6) is 0 Å². The molecule has 1 aliphatic rings. The van der Waals surface area contributed by atoms with Crippen molar-refractivity contribution in [1.29, 1.82) is 0 Å². The molecule has 1 saturated heterocycles. The number of likely N-dealkylation sites (tertiary alicyclic amines) is 1. The number of piperidine rings is 1. The van der Waals surface area contributed by atoms with Crippen LogP contribution >= 0.6 is 11.8 Å². The summed E-state index contributed by atoms with van der Waals surface area (Å²) in [5, 5.41) is 0. The summed E-state index contributed by atoms with van der Waals surface area (Å²) in [6.45, 7) is 0.588. The zero-order valence-electron chi connectivity index (χ0n) is 7.60. The van der Waals surface area contributed by atoms with E-state index in [9.17, 15) is 13.2 Å². The Bertz CT molecular complexity index is 158. The highest BCUT2D eigenvalue weighted by Gasteiger charge is 2.43. The molecule has 0 aromatic rings. The highest BCUT2D eigenvalue weighted by atomic mass is 32.2. The van der Waals surface area contributed by atoms with Gasteiger partial charge in [0.1, 0.15) is 6.04 Å². The van der Waals surface area contributed by atoms with E-state index in [1.807, 2.05) is 6.26 Å². The van der Waals surface area contributed by atoms with Gasteiger partial charge in [0, 0.05) is 5.88 Å². The van der Waals surface area contributed by atoms with Gasteiger partial charge in [-0.15, -0.1) is 11.8 Å². The number of rotatable bonds is 2. The Hall–Kier alpha value is 0.100. The van der Waals surface area contributed by atoms with E-state index in [0.29, 0.717) is 18.8 Å². The van der Waals surface area contributed by atoms with Gasteiger partial charge in [-0.25, -0.2) is 0 Å². The molecule has 0 bridgehead atoms. The Balaban J connectivity index is 2.56. The second-order valence-corrected chi connectivity index (χ2v) is 4.12. The van der Waals surface area contributed by atoms with Gasteiger partial charge in [0.25, 0.3) is 0 Å². The number of hydrogen-bond donors (Lipinski definition) is 0. The lowest BCUT2D eigenvalue weighted by molar-refractivity contribution is -0.188. The smallest absolute Gasteiger partial charge is 0.283 e. The summed E-state index contributed by atoms with van der Waals surface area (Å²) in [6, 6.07) is -1.20. The highest BCUT2D eigenvalue weighted by molar-refractivity contribution is 7.98. The predicted molar refractivity (Wildman–Crippen MR) is 48.8 cm³/mol. The van der Waals surface area contributed by atoms with Crippen molar-refractivity contribution in [2.75, 3.05) is 18.7 Å². The Morgan fingerprint density at radius 3 is 2.62 bits per heavy atom. The molecule has 13 heavy (non-hydrogen) atoms. The Morgan fingerprint density at radius 2 is 2.08 bits per heavy atom. The monoisotopic (exact) mass is 213 g/mol. The first-order valence-electron chi connectivity index (χ1n) is 4.35. The van der Waals surface area contributed by atoms with E-state index in [2.05, 4.69) is 0 Å². The van der Waals surface area contributed by atoms with Gasteiger partial charge in [0.15, 0.2) is 0 Å². The van der Waals surface area contributed by atoms with Gasteiger partial charge in [-0.05, 0) is 25.6 Å². The molecular weight excluding hydrogens is 199 g/mol. The number of thioether (sulfide) groups is 1. The lowest BCUT2D eigenvalue weighted by Gasteiger charge is -2.36. The molecule has 0 radical (unpaired) electrons. The summed E-state index contributed by atoms with van der Waals surface area (Å²) in [5.74, 6) is 0.490. The summed E-state index contributed by atoms with van der Waals surface area (Å²) < 4.78 is 37.4. The van der Waals surface area contributed by atoms with Crippen molar-refractivity contribution >= 4 is 11.8 Å². The summed E-state index contributed by atoms with van der Waals surface area (Å²) in [4.78, 5) is 1.54. The first-order chi connectivity index (χ1) is 6.05. The fourth-order valence-corrected chi connectivity index (χ4v) is 2.32. The van der Waals surface area contributed by atoms with Gasteiger partial charge >= 0.3 is 6.18 Å². The maximum Gasteiger partial charge on any atom is 0.404 e. The molecule has 1 fully saturated rings. The van der Waals surface area contributed by atoms with E-state index in [0.717, 1.165) is 6.42 Å². The van der Waals surface area contributed by atoms with Crippen LogP contribution in [0.4, 0.5) is 13.2 Å². The standard InChI is InChI=1S/C8H14F3NS/c1-13-6-12-5-3-2-4-7(12)8(9,10)11/h7H,2-6H2,1H3. The number of alkyl halides is 3. The van der Waals surface area contributed by atoms with Crippen LogP contribution in [-0.2, 0) is 0 Å². The second-order valence-electron chi connectivity index (χ2n) is 3.28. The van der Waals surface area contributed by atoms with Gasteiger partial charge in [-0.2, -0.15) is 13.2 Å². The van der Waals surface area contributed by atoms with Crippen molar-refractivity contribution in [2.45, 2.75) is 31.5 Å². The normalized spacial score (nSPS) is 26.3. The molecular formula is C8H14F3NS. The zero-order chi connectivity index (χ0) is 9.90. The third kappa shape index (κ3) is 3.06. The van der Waals surface area contributed by atoms with E-state index < -0.39 is 12.2 Å².